The summed E-state index contributed by atoms with van der Waals surface area (Å²) in [4.78, 5) is 0. The van der Waals surface area contributed by atoms with E-state index in [1.165, 1.54) is 0 Å². The van der Waals surface area contributed by atoms with Crippen molar-refractivity contribution in [3.8, 4) is 11.8 Å². The summed E-state index contributed by atoms with van der Waals surface area (Å²) < 4.78 is 5.58. The third-order valence-corrected chi connectivity index (χ3v) is 2.51. The molecule has 0 aliphatic rings. The maximum Gasteiger partial charge on any atom is 0.119 e. The average molecular weight is 244 g/mol. The Morgan fingerprint density at radius 1 is 1.12 bits per heavy atom. The van der Waals surface area contributed by atoms with E-state index in [1.54, 1.807) is 24.3 Å². The molecule has 3 heteroatoms. The lowest BCUT2D eigenvalue weighted by Gasteiger charge is -2.06. The molecule has 2 aromatic rings. The number of rotatable bonds is 3. The summed E-state index contributed by atoms with van der Waals surface area (Å²) in [6.45, 7) is 0.465. The van der Waals surface area contributed by atoms with Crippen LogP contribution >= 0.6 is 11.6 Å². The van der Waals surface area contributed by atoms with Gasteiger partial charge in [-0.15, -0.1) is 0 Å². The normalized spacial score (nSPS) is 9.65. The Bertz CT molecular complexity index is 543. The SMILES string of the molecule is N#Cc1ccc(OCc2cccc(Cl)c2)cc1. The van der Waals surface area contributed by atoms with Gasteiger partial charge in [-0.05, 0) is 42.0 Å². The highest BCUT2D eigenvalue weighted by molar-refractivity contribution is 6.30. The molecule has 84 valence electrons. The Kier molecular flexibility index (Phi) is 3.64. The van der Waals surface area contributed by atoms with Crippen LogP contribution in [0, 0.1) is 11.3 Å². The highest BCUT2D eigenvalue weighted by atomic mass is 35.5. The third-order valence-electron chi connectivity index (χ3n) is 2.28. The lowest BCUT2D eigenvalue weighted by molar-refractivity contribution is 0.306. The van der Waals surface area contributed by atoms with E-state index in [1.807, 2.05) is 24.3 Å². The zero-order valence-electron chi connectivity index (χ0n) is 9.06. The monoisotopic (exact) mass is 243 g/mol. The van der Waals surface area contributed by atoms with Gasteiger partial charge in [0.2, 0.25) is 0 Å². The van der Waals surface area contributed by atoms with Crippen molar-refractivity contribution >= 4 is 11.6 Å². The molecule has 0 unspecified atom stereocenters. The van der Waals surface area contributed by atoms with E-state index in [2.05, 4.69) is 6.07 Å². The smallest absolute Gasteiger partial charge is 0.119 e. The fourth-order valence-corrected chi connectivity index (χ4v) is 1.63. The van der Waals surface area contributed by atoms with E-state index in [-0.39, 0.29) is 0 Å². The highest BCUT2D eigenvalue weighted by Gasteiger charge is 1.97. The van der Waals surface area contributed by atoms with Gasteiger partial charge in [0, 0.05) is 5.02 Å². The van der Waals surface area contributed by atoms with Crippen molar-refractivity contribution in [1.29, 1.82) is 5.26 Å². The summed E-state index contributed by atoms with van der Waals surface area (Å²) >= 11 is 5.87. The molecular formula is C14H10ClNO. The van der Waals surface area contributed by atoms with Crippen LogP contribution in [-0.4, -0.2) is 0 Å². The molecule has 0 spiro atoms. The van der Waals surface area contributed by atoms with Crippen LogP contribution in [0.3, 0.4) is 0 Å². The summed E-state index contributed by atoms with van der Waals surface area (Å²) in [5.41, 5.74) is 1.64. The third kappa shape index (κ3) is 3.24. The van der Waals surface area contributed by atoms with Crippen LogP contribution in [0.1, 0.15) is 11.1 Å². The summed E-state index contributed by atoms with van der Waals surface area (Å²) in [7, 11) is 0. The molecule has 0 fully saturated rings. The van der Waals surface area contributed by atoms with Crippen molar-refractivity contribution in [2.45, 2.75) is 6.61 Å². The van der Waals surface area contributed by atoms with Crippen molar-refractivity contribution in [3.05, 3.63) is 64.7 Å². The Morgan fingerprint density at radius 2 is 1.88 bits per heavy atom. The van der Waals surface area contributed by atoms with Crippen LogP contribution in [0.15, 0.2) is 48.5 Å². The van der Waals surface area contributed by atoms with Crippen LogP contribution in [-0.2, 0) is 6.61 Å². The largest absolute Gasteiger partial charge is 0.489 e. The van der Waals surface area contributed by atoms with Crippen LogP contribution in [0.4, 0.5) is 0 Å². The predicted octanol–water partition coefficient (Wildman–Crippen LogP) is 3.79. The molecule has 2 rings (SSSR count). The van der Waals surface area contributed by atoms with Crippen LogP contribution in [0.2, 0.25) is 5.02 Å². The molecule has 0 N–H and O–H groups in total. The summed E-state index contributed by atoms with van der Waals surface area (Å²) in [6, 6.07) is 16.6. The zero-order chi connectivity index (χ0) is 12.1. The molecule has 0 aliphatic heterocycles. The molecule has 0 saturated heterocycles. The number of nitriles is 1. The van der Waals surface area contributed by atoms with Gasteiger partial charge in [-0.25, -0.2) is 0 Å². The van der Waals surface area contributed by atoms with Crippen molar-refractivity contribution < 1.29 is 4.74 Å². The molecule has 2 nitrogen and oxygen atoms in total. The molecule has 0 atom stereocenters. The number of nitrogens with zero attached hydrogens (tertiary/aromatic N) is 1. The van der Waals surface area contributed by atoms with Gasteiger partial charge in [0.05, 0.1) is 11.6 Å². The highest BCUT2D eigenvalue weighted by Crippen LogP contribution is 2.15. The summed E-state index contributed by atoms with van der Waals surface area (Å²) in [5.74, 6) is 0.740. The van der Waals surface area contributed by atoms with E-state index in [0.717, 1.165) is 11.3 Å². The van der Waals surface area contributed by atoms with Crippen molar-refractivity contribution in [2.24, 2.45) is 0 Å². The molecule has 0 radical (unpaired) electrons. The molecule has 17 heavy (non-hydrogen) atoms. The molecule has 0 saturated carbocycles. The lowest BCUT2D eigenvalue weighted by atomic mass is 10.2. The van der Waals surface area contributed by atoms with Crippen LogP contribution < -0.4 is 4.74 Å². The summed E-state index contributed by atoms with van der Waals surface area (Å²) in [5, 5.41) is 9.36. The first-order valence-electron chi connectivity index (χ1n) is 5.15. The molecule has 0 heterocycles. The Labute approximate surface area is 105 Å². The maximum atomic E-state index is 8.66. The number of halogens is 1. The van der Waals surface area contributed by atoms with Gasteiger partial charge in [0.25, 0.3) is 0 Å². The van der Waals surface area contributed by atoms with Gasteiger partial charge < -0.3 is 4.74 Å². The lowest BCUT2D eigenvalue weighted by Crippen LogP contribution is -1.95. The molecule has 2 aromatic carbocycles. The Hall–Kier alpha value is -1.98. The van der Waals surface area contributed by atoms with E-state index >= 15 is 0 Å². The van der Waals surface area contributed by atoms with Gasteiger partial charge in [-0.2, -0.15) is 5.26 Å². The second-order valence-corrected chi connectivity index (χ2v) is 3.99. The quantitative estimate of drug-likeness (QED) is 0.822. The number of benzene rings is 2. The Balaban J connectivity index is 2.00. The zero-order valence-corrected chi connectivity index (χ0v) is 9.82. The summed E-state index contributed by atoms with van der Waals surface area (Å²) in [6.07, 6.45) is 0. The fourth-order valence-electron chi connectivity index (χ4n) is 1.42. The molecule has 0 amide bonds. The van der Waals surface area contributed by atoms with E-state index in [0.29, 0.717) is 17.2 Å². The minimum atomic E-state index is 0.465. The van der Waals surface area contributed by atoms with Crippen molar-refractivity contribution in [1.82, 2.24) is 0 Å². The van der Waals surface area contributed by atoms with Crippen LogP contribution in [0.5, 0.6) is 5.75 Å². The van der Waals surface area contributed by atoms with Crippen molar-refractivity contribution in [3.63, 3.8) is 0 Å². The van der Waals surface area contributed by atoms with Gasteiger partial charge in [-0.3, -0.25) is 0 Å². The van der Waals surface area contributed by atoms with E-state index in [9.17, 15) is 0 Å². The molecule has 0 aliphatic carbocycles. The number of hydrogen-bond acceptors (Lipinski definition) is 2. The van der Waals surface area contributed by atoms with E-state index < -0.39 is 0 Å². The second-order valence-electron chi connectivity index (χ2n) is 3.55. The molecular weight excluding hydrogens is 234 g/mol. The molecule has 0 bridgehead atoms. The van der Waals surface area contributed by atoms with E-state index in [4.69, 9.17) is 21.6 Å². The first-order chi connectivity index (χ1) is 8.28. The Morgan fingerprint density at radius 3 is 2.53 bits per heavy atom. The second kappa shape index (κ2) is 5.38. The predicted molar refractivity (Wildman–Crippen MR) is 66.9 cm³/mol. The fraction of sp³-hybridized carbons (Fsp3) is 0.0714. The molecule has 0 aromatic heterocycles. The first-order valence-corrected chi connectivity index (χ1v) is 5.53. The average Bonchev–Trinajstić information content (AvgIpc) is 2.37. The topological polar surface area (TPSA) is 33.0 Å². The first kappa shape index (κ1) is 11.5. The van der Waals surface area contributed by atoms with Gasteiger partial charge >= 0.3 is 0 Å². The van der Waals surface area contributed by atoms with Gasteiger partial charge in [0.1, 0.15) is 12.4 Å². The maximum absolute atomic E-state index is 8.66. The van der Waals surface area contributed by atoms with Gasteiger partial charge in [-0.1, -0.05) is 23.7 Å². The van der Waals surface area contributed by atoms with Crippen LogP contribution in [0.25, 0.3) is 0 Å². The minimum absolute atomic E-state index is 0.465. The van der Waals surface area contributed by atoms with Gasteiger partial charge in [0.15, 0.2) is 0 Å². The minimum Gasteiger partial charge on any atom is -0.489 e. The standard InChI is InChI=1S/C14H10ClNO/c15-13-3-1-2-12(8-13)10-17-14-6-4-11(9-16)5-7-14/h1-8H,10H2. The number of hydrogen-bond donors (Lipinski definition) is 0. The van der Waals surface area contributed by atoms with Crippen molar-refractivity contribution in [2.75, 3.05) is 0 Å². The number of ether oxygens (including phenoxy) is 1.